The standard InChI is InChI=1S/C16H24N2O2/c1-17-13-14-4-5-15-6-7-18(16(15)12-14)8-11-20-10-3-9-19-2/h4-7,12,17H,3,8-11,13H2,1-2H3. The molecule has 0 aliphatic carbocycles. The number of ether oxygens (including phenoxy) is 2. The van der Waals surface area contributed by atoms with E-state index in [1.165, 1.54) is 16.5 Å². The van der Waals surface area contributed by atoms with Crippen LogP contribution in [0.15, 0.2) is 30.5 Å². The molecule has 0 aliphatic heterocycles. The maximum atomic E-state index is 5.62. The van der Waals surface area contributed by atoms with Crippen LogP contribution in [0, 0.1) is 0 Å². The number of aromatic nitrogens is 1. The second-order valence-corrected chi connectivity index (χ2v) is 4.89. The molecule has 20 heavy (non-hydrogen) atoms. The van der Waals surface area contributed by atoms with E-state index in [0.29, 0.717) is 0 Å². The molecule has 0 fully saturated rings. The van der Waals surface area contributed by atoms with Crippen LogP contribution in [0.2, 0.25) is 0 Å². The minimum atomic E-state index is 0.740. The Morgan fingerprint density at radius 1 is 1.15 bits per heavy atom. The van der Waals surface area contributed by atoms with Crippen molar-refractivity contribution in [3.63, 3.8) is 0 Å². The number of nitrogens with zero attached hydrogens (tertiary/aromatic N) is 1. The summed E-state index contributed by atoms with van der Waals surface area (Å²) in [7, 11) is 3.69. The van der Waals surface area contributed by atoms with Gasteiger partial charge in [-0.25, -0.2) is 0 Å². The summed E-state index contributed by atoms with van der Waals surface area (Å²) in [5.74, 6) is 0. The molecule has 0 spiro atoms. The van der Waals surface area contributed by atoms with Gasteiger partial charge in [-0.15, -0.1) is 0 Å². The van der Waals surface area contributed by atoms with Crippen molar-refractivity contribution < 1.29 is 9.47 Å². The monoisotopic (exact) mass is 276 g/mol. The third-order valence-electron chi connectivity index (χ3n) is 3.33. The van der Waals surface area contributed by atoms with Crippen LogP contribution in [0.4, 0.5) is 0 Å². The summed E-state index contributed by atoms with van der Waals surface area (Å²) in [5, 5.41) is 4.47. The van der Waals surface area contributed by atoms with Crippen molar-refractivity contribution in [1.29, 1.82) is 0 Å². The first kappa shape index (κ1) is 15.0. The van der Waals surface area contributed by atoms with Gasteiger partial charge in [0.15, 0.2) is 0 Å². The summed E-state index contributed by atoms with van der Waals surface area (Å²) in [6.07, 6.45) is 3.08. The van der Waals surface area contributed by atoms with Gasteiger partial charge >= 0.3 is 0 Å². The molecule has 0 amide bonds. The van der Waals surface area contributed by atoms with Crippen LogP contribution in [0.3, 0.4) is 0 Å². The number of methoxy groups -OCH3 is 1. The highest BCUT2D eigenvalue weighted by atomic mass is 16.5. The van der Waals surface area contributed by atoms with E-state index in [4.69, 9.17) is 9.47 Å². The lowest BCUT2D eigenvalue weighted by molar-refractivity contribution is 0.0982. The second-order valence-electron chi connectivity index (χ2n) is 4.89. The maximum Gasteiger partial charge on any atom is 0.0645 e. The van der Waals surface area contributed by atoms with E-state index in [1.807, 2.05) is 7.05 Å². The Kier molecular flexibility index (Phi) is 6.05. The number of rotatable bonds is 9. The minimum absolute atomic E-state index is 0.740. The van der Waals surface area contributed by atoms with E-state index in [1.54, 1.807) is 7.11 Å². The van der Waals surface area contributed by atoms with Crippen molar-refractivity contribution in [2.24, 2.45) is 0 Å². The van der Waals surface area contributed by atoms with Crippen LogP contribution in [0.25, 0.3) is 10.9 Å². The molecule has 4 heteroatoms. The predicted octanol–water partition coefficient (Wildman–Crippen LogP) is 2.41. The lowest BCUT2D eigenvalue weighted by Gasteiger charge is -2.08. The van der Waals surface area contributed by atoms with Gasteiger partial charge < -0.3 is 19.4 Å². The summed E-state index contributed by atoms with van der Waals surface area (Å²) >= 11 is 0. The number of nitrogens with one attached hydrogen (secondary N) is 1. The average molecular weight is 276 g/mol. The van der Waals surface area contributed by atoms with Crippen LogP contribution in [-0.2, 0) is 22.6 Å². The highest BCUT2D eigenvalue weighted by Crippen LogP contribution is 2.17. The Morgan fingerprint density at radius 2 is 2.05 bits per heavy atom. The van der Waals surface area contributed by atoms with Crippen molar-refractivity contribution >= 4 is 10.9 Å². The van der Waals surface area contributed by atoms with Gasteiger partial charge in [-0.2, -0.15) is 0 Å². The number of hydrogen-bond donors (Lipinski definition) is 1. The Bertz CT molecular complexity index is 522. The predicted molar refractivity (Wildman–Crippen MR) is 82.0 cm³/mol. The molecule has 0 saturated carbocycles. The van der Waals surface area contributed by atoms with Crippen LogP contribution >= 0.6 is 0 Å². The van der Waals surface area contributed by atoms with Crippen molar-refractivity contribution in [2.45, 2.75) is 19.5 Å². The maximum absolute atomic E-state index is 5.62. The molecule has 0 atom stereocenters. The highest BCUT2D eigenvalue weighted by Gasteiger charge is 2.02. The van der Waals surface area contributed by atoms with Crippen molar-refractivity contribution in [2.75, 3.05) is 34.0 Å². The third-order valence-corrected chi connectivity index (χ3v) is 3.33. The Labute approximate surface area is 120 Å². The molecule has 4 nitrogen and oxygen atoms in total. The molecular weight excluding hydrogens is 252 g/mol. The zero-order valence-electron chi connectivity index (χ0n) is 12.4. The summed E-state index contributed by atoms with van der Waals surface area (Å²) in [6, 6.07) is 8.75. The third kappa shape index (κ3) is 4.07. The van der Waals surface area contributed by atoms with Crippen molar-refractivity contribution in [3.8, 4) is 0 Å². The van der Waals surface area contributed by atoms with Crippen molar-refractivity contribution in [1.82, 2.24) is 9.88 Å². The number of fused-ring (bicyclic) bond motifs is 1. The van der Waals surface area contributed by atoms with E-state index >= 15 is 0 Å². The van der Waals surface area contributed by atoms with Crippen LogP contribution in [-0.4, -0.2) is 38.5 Å². The van der Waals surface area contributed by atoms with E-state index in [-0.39, 0.29) is 0 Å². The molecule has 2 rings (SSSR count). The highest BCUT2D eigenvalue weighted by molar-refractivity contribution is 5.80. The number of hydrogen-bond acceptors (Lipinski definition) is 3. The smallest absolute Gasteiger partial charge is 0.0645 e. The molecule has 0 aliphatic rings. The SMILES string of the molecule is CNCc1ccc2ccn(CCOCCCOC)c2c1. The topological polar surface area (TPSA) is 35.4 Å². The molecule has 1 aromatic carbocycles. The van der Waals surface area contributed by atoms with Gasteiger partial charge in [-0.05, 0) is 36.6 Å². The second kappa shape index (κ2) is 8.04. The summed E-state index contributed by atoms with van der Waals surface area (Å²) in [6.45, 7) is 4.05. The molecule has 0 saturated heterocycles. The van der Waals surface area contributed by atoms with Crippen LogP contribution in [0.5, 0.6) is 0 Å². The lowest BCUT2D eigenvalue weighted by atomic mass is 10.1. The van der Waals surface area contributed by atoms with Gasteiger partial charge in [0.2, 0.25) is 0 Å². The lowest BCUT2D eigenvalue weighted by Crippen LogP contribution is -2.08. The minimum Gasteiger partial charge on any atom is -0.385 e. The zero-order valence-corrected chi connectivity index (χ0v) is 12.4. The molecule has 0 unspecified atom stereocenters. The summed E-state index contributed by atoms with van der Waals surface area (Å²) in [5.41, 5.74) is 2.58. The van der Waals surface area contributed by atoms with Gasteiger partial charge in [0.25, 0.3) is 0 Å². The molecule has 1 aromatic heterocycles. The van der Waals surface area contributed by atoms with Gasteiger partial charge in [0, 0.05) is 45.1 Å². The van der Waals surface area contributed by atoms with Gasteiger partial charge in [0.1, 0.15) is 0 Å². The van der Waals surface area contributed by atoms with E-state index < -0.39 is 0 Å². The molecule has 1 heterocycles. The molecule has 1 N–H and O–H groups in total. The van der Waals surface area contributed by atoms with Crippen LogP contribution in [0.1, 0.15) is 12.0 Å². The first-order valence-electron chi connectivity index (χ1n) is 7.14. The Hall–Kier alpha value is -1.36. The largest absolute Gasteiger partial charge is 0.385 e. The average Bonchev–Trinajstić information content (AvgIpc) is 2.86. The fourth-order valence-corrected chi connectivity index (χ4v) is 2.31. The normalized spacial score (nSPS) is 11.3. The Morgan fingerprint density at radius 3 is 2.85 bits per heavy atom. The number of benzene rings is 1. The fourth-order valence-electron chi connectivity index (χ4n) is 2.31. The van der Waals surface area contributed by atoms with E-state index in [0.717, 1.165) is 39.3 Å². The quantitative estimate of drug-likeness (QED) is 0.714. The van der Waals surface area contributed by atoms with E-state index in [9.17, 15) is 0 Å². The zero-order chi connectivity index (χ0) is 14.2. The molecule has 0 radical (unpaired) electrons. The molecular formula is C16H24N2O2. The van der Waals surface area contributed by atoms with Gasteiger partial charge in [-0.1, -0.05) is 12.1 Å². The summed E-state index contributed by atoms with van der Waals surface area (Å²) < 4.78 is 12.9. The molecule has 110 valence electrons. The summed E-state index contributed by atoms with van der Waals surface area (Å²) in [4.78, 5) is 0. The van der Waals surface area contributed by atoms with E-state index in [2.05, 4.69) is 40.3 Å². The molecule has 2 aromatic rings. The van der Waals surface area contributed by atoms with Gasteiger partial charge in [0.05, 0.1) is 6.61 Å². The van der Waals surface area contributed by atoms with Crippen molar-refractivity contribution in [3.05, 3.63) is 36.0 Å². The van der Waals surface area contributed by atoms with Gasteiger partial charge in [-0.3, -0.25) is 0 Å². The van der Waals surface area contributed by atoms with Crippen LogP contribution < -0.4 is 5.32 Å². The molecule has 0 bridgehead atoms. The first-order valence-corrected chi connectivity index (χ1v) is 7.14. The Balaban J connectivity index is 1.90. The first-order chi connectivity index (χ1) is 9.85. The fraction of sp³-hybridized carbons (Fsp3) is 0.500.